The van der Waals surface area contributed by atoms with Crippen molar-refractivity contribution < 1.29 is 0 Å². The minimum Gasteiger partial charge on any atom is -0.310 e. The van der Waals surface area contributed by atoms with E-state index in [4.69, 9.17) is 62.8 Å². The molecule has 2 nitrogen and oxygen atoms in total. The normalized spacial score (nSPS) is 11.9. The molecule has 59 heavy (non-hydrogen) atoms. The molecular formula is C48H22B8N2S. The Labute approximate surface area is 355 Å². The highest BCUT2D eigenvalue weighted by Crippen LogP contribution is 2.45. The van der Waals surface area contributed by atoms with Crippen molar-refractivity contribution in [2.45, 2.75) is 0 Å². The molecule has 8 aromatic carbocycles. The van der Waals surface area contributed by atoms with Crippen molar-refractivity contribution in [3.05, 3.63) is 133 Å². The van der Waals surface area contributed by atoms with Crippen LogP contribution in [0.2, 0.25) is 0 Å². The van der Waals surface area contributed by atoms with Gasteiger partial charge in [-0.1, -0.05) is 118 Å². The standard InChI is InChI=1S/C48H22B8N2S/c49-39-35(23-10-2-1-3-11-23)40(50)43(53)41(51)37(39)28-19-21-33(36-27-14-6-9-17-34(27)59-48(28)36)58-30-15-7-4-12-25(30)29-22-24(18-20-32(29)58)57-31-16-8-5-13-26(31)38-42(52)44(54)45(55)46(56)47(38)57/h1-22H. The van der Waals surface area contributed by atoms with Gasteiger partial charge in [0.25, 0.3) is 0 Å². The molecule has 0 atom stereocenters. The number of benzene rings is 8. The van der Waals surface area contributed by atoms with Crippen LogP contribution in [0.3, 0.4) is 0 Å². The van der Waals surface area contributed by atoms with Gasteiger partial charge in [0.15, 0.2) is 0 Å². The third kappa shape index (κ3) is 5.04. The van der Waals surface area contributed by atoms with E-state index >= 15 is 0 Å². The molecule has 3 heterocycles. The highest BCUT2D eigenvalue weighted by atomic mass is 32.1. The predicted molar refractivity (Wildman–Crippen MR) is 262 cm³/mol. The fourth-order valence-electron chi connectivity index (χ4n) is 9.18. The van der Waals surface area contributed by atoms with Gasteiger partial charge in [-0.3, -0.25) is 0 Å². The molecule has 11 aromatic rings. The molecule has 254 valence electrons. The second-order valence-electron chi connectivity index (χ2n) is 15.0. The maximum absolute atomic E-state index is 7.10. The summed E-state index contributed by atoms with van der Waals surface area (Å²) in [4.78, 5) is 0. The number of fused-ring (bicyclic) bond motifs is 9. The molecule has 0 saturated carbocycles. The molecule has 0 aliphatic carbocycles. The van der Waals surface area contributed by atoms with Gasteiger partial charge in [0.05, 0.1) is 22.2 Å². The predicted octanol–water partition coefficient (Wildman–Crippen LogP) is 3.93. The van der Waals surface area contributed by atoms with Gasteiger partial charge in [-0.15, -0.1) is 27.7 Å². The molecule has 0 amide bonds. The van der Waals surface area contributed by atoms with Crippen molar-refractivity contribution in [3.8, 4) is 33.6 Å². The largest absolute Gasteiger partial charge is 0.310 e. The van der Waals surface area contributed by atoms with Gasteiger partial charge in [-0.25, -0.2) is 0 Å². The van der Waals surface area contributed by atoms with Crippen LogP contribution in [0.25, 0.3) is 97.4 Å². The van der Waals surface area contributed by atoms with Gasteiger partial charge < -0.3 is 9.13 Å². The van der Waals surface area contributed by atoms with Crippen molar-refractivity contribution in [3.63, 3.8) is 0 Å². The Morgan fingerprint density at radius 3 is 1.75 bits per heavy atom. The molecule has 0 spiro atoms. The molecular weight excluding hydrogens is 723 g/mol. The van der Waals surface area contributed by atoms with Crippen LogP contribution in [0.5, 0.6) is 0 Å². The average molecular weight is 745 g/mol. The first-order valence-electron chi connectivity index (χ1n) is 19.1. The molecule has 11 heteroatoms. The first kappa shape index (κ1) is 36.2. The lowest BCUT2D eigenvalue weighted by atomic mass is 9.62. The molecule has 3 aromatic heterocycles. The van der Waals surface area contributed by atoms with Crippen LogP contribution in [0.15, 0.2) is 133 Å². The first-order valence-corrected chi connectivity index (χ1v) is 19.9. The number of thiophene rings is 1. The number of aromatic nitrogens is 2. The van der Waals surface area contributed by atoms with Gasteiger partial charge in [0.2, 0.25) is 0 Å². The van der Waals surface area contributed by atoms with E-state index in [0.717, 1.165) is 86.3 Å². The summed E-state index contributed by atoms with van der Waals surface area (Å²) in [6.45, 7) is 0. The summed E-state index contributed by atoms with van der Waals surface area (Å²) in [5, 5.41) is 6.05. The lowest BCUT2D eigenvalue weighted by Crippen LogP contribution is -2.48. The van der Waals surface area contributed by atoms with Crippen molar-refractivity contribution in [1.29, 1.82) is 0 Å². The van der Waals surface area contributed by atoms with E-state index in [0.29, 0.717) is 43.9 Å². The lowest BCUT2D eigenvalue weighted by molar-refractivity contribution is 1.18. The fraction of sp³-hybridized carbons (Fsp3) is 0. The minimum atomic E-state index is 0.272. The molecule has 0 N–H and O–H groups in total. The Morgan fingerprint density at radius 2 is 0.983 bits per heavy atom. The van der Waals surface area contributed by atoms with E-state index in [1.54, 1.807) is 11.3 Å². The summed E-state index contributed by atoms with van der Waals surface area (Å²) < 4.78 is 6.64. The number of rotatable bonds is 4. The Hall–Kier alpha value is -5.90. The van der Waals surface area contributed by atoms with E-state index in [1.807, 2.05) is 48.5 Å². The highest BCUT2D eigenvalue weighted by molar-refractivity contribution is 7.26. The lowest BCUT2D eigenvalue weighted by Gasteiger charge is -2.24. The Balaban J connectivity index is 1.21. The smallest absolute Gasteiger partial charge is 0.115 e. The molecule has 11 rings (SSSR count). The number of hydrogen-bond acceptors (Lipinski definition) is 1. The van der Waals surface area contributed by atoms with Crippen molar-refractivity contribution >= 4 is 182 Å². The maximum Gasteiger partial charge on any atom is 0.115 e. The van der Waals surface area contributed by atoms with Gasteiger partial charge >= 0.3 is 0 Å². The van der Waals surface area contributed by atoms with E-state index in [1.165, 1.54) is 0 Å². The van der Waals surface area contributed by atoms with Crippen molar-refractivity contribution in [1.82, 2.24) is 9.13 Å². The summed E-state index contributed by atoms with van der Waals surface area (Å²) in [7, 11) is 53.6. The summed E-state index contributed by atoms with van der Waals surface area (Å²) in [5.74, 6) is 0. The van der Waals surface area contributed by atoms with E-state index < -0.39 is 0 Å². The van der Waals surface area contributed by atoms with Gasteiger partial charge in [0.1, 0.15) is 62.8 Å². The van der Waals surface area contributed by atoms with Crippen LogP contribution in [0.4, 0.5) is 0 Å². The molecule has 0 aliphatic rings. The zero-order chi connectivity index (χ0) is 40.4. The summed E-state index contributed by atoms with van der Waals surface area (Å²) in [5.41, 5.74) is 11.6. The zero-order valence-corrected chi connectivity index (χ0v) is 32.4. The molecule has 0 unspecified atom stereocenters. The Kier molecular flexibility index (Phi) is 8.17. The first-order chi connectivity index (χ1) is 28.7. The third-order valence-electron chi connectivity index (χ3n) is 11.9. The quantitative estimate of drug-likeness (QED) is 0.242. The van der Waals surface area contributed by atoms with Gasteiger partial charge in [0, 0.05) is 47.5 Å². The van der Waals surface area contributed by atoms with E-state index in [-0.39, 0.29) is 10.9 Å². The Morgan fingerprint density at radius 1 is 0.390 bits per heavy atom. The average Bonchev–Trinajstić information content (AvgIpc) is 3.93. The Bertz CT molecular complexity index is 3600. The molecule has 0 fully saturated rings. The van der Waals surface area contributed by atoms with Crippen LogP contribution >= 0.6 is 11.3 Å². The maximum atomic E-state index is 7.10. The van der Waals surface area contributed by atoms with E-state index in [2.05, 4.69) is 94.1 Å². The molecule has 0 saturated heterocycles. The van der Waals surface area contributed by atoms with Crippen LogP contribution in [0, 0.1) is 0 Å². The molecule has 16 radical (unpaired) electrons. The monoisotopic (exact) mass is 746 g/mol. The van der Waals surface area contributed by atoms with Crippen LogP contribution in [-0.4, -0.2) is 71.9 Å². The summed E-state index contributed by atoms with van der Waals surface area (Å²) in [6.07, 6.45) is 0. The molecule has 0 bridgehead atoms. The van der Waals surface area contributed by atoms with Crippen LogP contribution in [0.1, 0.15) is 0 Å². The molecule has 0 aliphatic heterocycles. The zero-order valence-electron chi connectivity index (χ0n) is 31.6. The minimum absolute atomic E-state index is 0.272. The topological polar surface area (TPSA) is 9.86 Å². The SMILES string of the molecule is [B]c1c([B])c(-c2ccccc2)c([B])c(-c2ccc(-n3c4ccccc4c4cc(-n5c6ccccc6c6c([B])c([B])c([B])c([B])c65)ccc43)c3c2sc2ccccc23)c1[B]. The number of hydrogen-bond donors (Lipinski definition) is 0. The van der Waals surface area contributed by atoms with E-state index in [9.17, 15) is 0 Å². The van der Waals surface area contributed by atoms with Crippen LogP contribution in [-0.2, 0) is 0 Å². The fourth-order valence-corrected chi connectivity index (χ4v) is 10.4. The summed E-state index contributed by atoms with van der Waals surface area (Å²) in [6, 6.07) is 45.6. The number of nitrogens with zero attached hydrogens (tertiary/aromatic N) is 2. The second-order valence-corrected chi connectivity index (χ2v) is 16.0. The highest BCUT2D eigenvalue weighted by Gasteiger charge is 2.24. The van der Waals surface area contributed by atoms with Gasteiger partial charge in [-0.2, -0.15) is 0 Å². The van der Waals surface area contributed by atoms with Crippen LogP contribution < -0.4 is 43.7 Å². The van der Waals surface area contributed by atoms with Gasteiger partial charge in [-0.05, 0) is 70.1 Å². The van der Waals surface area contributed by atoms with Crippen molar-refractivity contribution in [2.75, 3.05) is 0 Å². The summed E-state index contributed by atoms with van der Waals surface area (Å²) >= 11 is 1.70. The number of para-hydroxylation sites is 2. The second kappa shape index (κ2) is 13.3. The van der Waals surface area contributed by atoms with Crippen molar-refractivity contribution in [2.24, 2.45) is 0 Å². The third-order valence-corrected chi connectivity index (χ3v) is 13.1.